The molecule has 3 aromatic rings. The molecule has 0 spiro atoms. The lowest BCUT2D eigenvalue weighted by Crippen LogP contribution is -2.56. The molecule has 1 aliphatic heterocycles. The number of benzene rings is 3. The highest BCUT2D eigenvalue weighted by molar-refractivity contribution is 6.43. The minimum Gasteiger partial charge on any atom is -0.426 e. The van der Waals surface area contributed by atoms with Gasteiger partial charge in [0.2, 0.25) is 5.60 Å². The van der Waals surface area contributed by atoms with Crippen LogP contribution in [0.1, 0.15) is 42.6 Å². The number of carbonyl (C=O) groups excluding carboxylic acids is 2. The molecule has 0 fully saturated rings. The van der Waals surface area contributed by atoms with Crippen LogP contribution < -0.4 is 10.6 Å². The molecule has 0 saturated carbocycles. The SMILES string of the molecule is CC(C)C[C@H](NC(=O)C1(Cc2ccccc2)CC(CNC(=O)c2cccc(-c3ccccc3)c2)=NO1)B(O)O. The number of amides is 2. The van der Waals surface area contributed by atoms with Gasteiger partial charge in [0.05, 0.1) is 18.2 Å². The van der Waals surface area contributed by atoms with Gasteiger partial charge in [-0.3, -0.25) is 9.59 Å². The molecular weight excluding hydrogens is 493 g/mol. The van der Waals surface area contributed by atoms with Gasteiger partial charge in [0, 0.05) is 18.4 Å². The largest absolute Gasteiger partial charge is 0.475 e. The van der Waals surface area contributed by atoms with Gasteiger partial charge < -0.3 is 25.5 Å². The Bertz CT molecular complexity index is 1300. The normalized spacial score (nSPS) is 17.2. The first kappa shape index (κ1) is 28.1. The molecule has 202 valence electrons. The van der Waals surface area contributed by atoms with E-state index >= 15 is 0 Å². The molecule has 3 aromatic carbocycles. The summed E-state index contributed by atoms with van der Waals surface area (Å²) in [6.07, 6.45) is 0.764. The highest BCUT2D eigenvalue weighted by Crippen LogP contribution is 2.29. The van der Waals surface area contributed by atoms with Gasteiger partial charge in [-0.1, -0.05) is 91.8 Å². The fraction of sp³-hybridized carbons (Fsp3) is 0.300. The van der Waals surface area contributed by atoms with Crippen molar-refractivity contribution < 1.29 is 24.5 Å². The van der Waals surface area contributed by atoms with Crippen LogP contribution >= 0.6 is 0 Å². The molecule has 0 aromatic heterocycles. The summed E-state index contributed by atoms with van der Waals surface area (Å²) in [5.41, 5.74) is 2.47. The molecule has 8 nitrogen and oxygen atoms in total. The van der Waals surface area contributed by atoms with Crippen LogP contribution in [0.4, 0.5) is 0 Å². The molecule has 4 N–H and O–H groups in total. The Morgan fingerprint density at radius 2 is 1.64 bits per heavy atom. The number of nitrogens with zero attached hydrogens (tertiary/aromatic N) is 1. The third kappa shape index (κ3) is 7.34. The Balaban J connectivity index is 1.45. The van der Waals surface area contributed by atoms with Crippen molar-refractivity contribution in [2.75, 3.05) is 6.54 Å². The van der Waals surface area contributed by atoms with E-state index in [1.165, 1.54) is 0 Å². The fourth-order valence-electron chi connectivity index (χ4n) is 4.68. The number of carbonyl (C=O) groups is 2. The summed E-state index contributed by atoms with van der Waals surface area (Å²) in [7, 11) is -1.71. The molecule has 0 bridgehead atoms. The van der Waals surface area contributed by atoms with Gasteiger partial charge in [0.15, 0.2) is 0 Å². The third-order valence-electron chi connectivity index (χ3n) is 6.67. The minimum absolute atomic E-state index is 0.107. The first-order valence-electron chi connectivity index (χ1n) is 13.1. The van der Waals surface area contributed by atoms with Crippen molar-refractivity contribution in [1.82, 2.24) is 10.6 Å². The summed E-state index contributed by atoms with van der Waals surface area (Å²) in [4.78, 5) is 32.3. The van der Waals surface area contributed by atoms with Gasteiger partial charge in [0.1, 0.15) is 0 Å². The van der Waals surface area contributed by atoms with Crippen LogP contribution in [0.5, 0.6) is 0 Å². The summed E-state index contributed by atoms with van der Waals surface area (Å²) in [6.45, 7) is 3.98. The van der Waals surface area contributed by atoms with Crippen LogP contribution in [0, 0.1) is 5.92 Å². The standard InChI is InChI=1S/C30H34BN3O5/c1-21(2)16-27(31(37)38)33-29(36)30(18-22-10-5-3-6-11-22)19-26(34-39-30)20-32-28(35)25-15-9-14-24(17-25)23-12-7-4-8-13-23/h3-15,17,21,27,37-38H,16,18-20H2,1-2H3,(H,32,35)(H,33,36)/t27-,30?/m0/s1. The maximum Gasteiger partial charge on any atom is 0.475 e. The molecule has 2 amide bonds. The number of hydrogen-bond acceptors (Lipinski definition) is 6. The summed E-state index contributed by atoms with van der Waals surface area (Å²) >= 11 is 0. The Hall–Kier alpha value is -3.95. The molecule has 1 aliphatic rings. The van der Waals surface area contributed by atoms with Crippen LogP contribution in [-0.4, -0.2) is 52.8 Å². The monoisotopic (exact) mass is 527 g/mol. The van der Waals surface area contributed by atoms with E-state index in [2.05, 4.69) is 15.8 Å². The number of hydrogen-bond donors (Lipinski definition) is 4. The Kier molecular flexibility index (Phi) is 9.17. The maximum atomic E-state index is 13.5. The second kappa shape index (κ2) is 12.7. The van der Waals surface area contributed by atoms with Crippen molar-refractivity contribution >= 4 is 24.6 Å². The summed E-state index contributed by atoms with van der Waals surface area (Å²) < 4.78 is 0. The lowest BCUT2D eigenvalue weighted by atomic mass is 9.74. The fourth-order valence-corrected chi connectivity index (χ4v) is 4.68. The summed E-state index contributed by atoms with van der Waals surface area (Å²) in [6, 6.07) is 26.6. The van der Waals surface area contributed by atoms with Gasteiger partial charge in [-0.25, -0.2) is 0 Å². The maximum absolute atomic E-state index is 13.5. The van der Waals surface area contributed by atoms with Crippen LogP contribution in [0.3, 0.4) is 0 Å². The predicted octanol–water partition coefficient (Wildman–Crippen LogP) is 3.38. The lowest BCUT2D eigenvalue weighted by molar-refractivity contribution is -0.144. The Morgan fingerprint density at radius 1 is 0.974 bits per heavy atom. The topological polar surface area (TPSA) is 120 Å². The summed E-state index contributed by atoms with van der Waals surface area (Å²) in [5, 5.41) is 29.5. The van der Waals surface area contributed by atoms with E-state index in [0.717, 1.165) is 16.7 Å². The van der Waals surface area contributed by atoms with E-state index in [1.807, 2.05) is 92.7 Å². The molecule has 1 unspecified atom stereocenters. The first-order valence-corrected chi connectivity index (χ1v) is 13.1. The van der Waals surface area contributed by atoms with Crippen molar-refractivity contribution in [2.24, 2.45) is 11.1 Å². The molecule has 9 heteroatoms. The van der Waals surface area contributed by atoms with E-state index in [9.17, 15) is 19.6 Å². The molecule has 0 saturated heterocycles. The molecule has 2 atom stereocenters. The zero-order valence-electron chi connectivity index (χ0n) is 22.2. The average Bonchev–Trinajstić information content (AvgIpc) is 3.36. The minimum atomic E-state index is -1.71. The van der Waals surface area contributed by atoms with Crippen molar-refractivity contribution in [2.45, 2.75) is 44.7 Å². The van der Waals surface area contributed by atoms with Gasteiger partial charge in [-0.2, -0.15) is 0 Å². The van der Waals surface area contributed by atoms with Crippen LogP contribution in [-0.2, 0) is 16.1 Å². The highest BCUT2D eigenvalue weighted by Gasteiger charge is 2.48. The van der Waals surface area contributed by atoms with E-state index < -0.39 is 24.6 Å². The molecular formula is C30H34BN3O5. The zero-order valence-corrected chi connectivity index (χ0v) is 22.2. The van der Waals surface area contributed by atoms with Crippen LogP contribution in [0.2, 0.25) is 0 Å². The average molecular weight is 527 g/mol. The van der Waals surface area contributed by atoms with Gasteiger partial charge >= 0.3 is 7.12 Å². The van der Waals surface area contributed by atoms with Crippen molar-refractivity contribution in [3.63, 3.8) is 0 Å². The molecule has 1 heterocycles. The summed E-state index contributed by atoms with van der Waals surface area (Å²) in [5.74, 6) is -1.46. The molecule has 4 rings (SSSR count). The number of oxime groups is 1. The zero-order chi connectivity index (χ0) is 27.8. The third-order valence-corrected chi connectivity index (χ3v) is 6.67. The lowest BCUT2D eigenvalue weighted by Gasteiger charge is -2.29. The van der Waals surface area contributed by atoms with Crippen molar-refractivity contribution in [3.05, 3.63) is 96.1 Å². The van der Waals surface area contributed by atoms with Crippen molar-refractivity contribution in [3.8, 4) is 11.1 Å². The molecule has 39 heavy (non-hydrogen) atoms. The Labute approximate surface area is 229 Å². The van der Waals surface area contributed by atoms with E-state index in [1.54, 1.807) is 6.07 Å². The second-order valence-electron chi connectivity index (χ2n) is 10.3. The number of nitrogens with one attached hydrogen (secondary N) is 2. The van der Waals surface area contributed by atoms with E-state index in [4.69, 9.17) is 4.84 Å². The van der Waals surface area contributed by atoms with Crippen LogP contribution in [0.25, 0.3) is 11.1 Å². The van der Waals surface area contributed by atoms with Gasteiger partial charge in [-0.05, 0) is 41.2 Å². The van der Waals surface area contributed by atoms with Crippen molar-refractivity contribution in [1.29, 1.82) is 0 Å². The number of rotatable bonds is 11. The van der Waals surface area contributed by atoms with Gasteiger partial charge in [-0.15, -0.1) is 0 Å². The molecule has 0 aliphatic carbocycles. The highest BCUT2D eigenvalue weighted by atomic mass is 16.7. The first-order chi connectivity index (χ1) is 18.8. The van der Waals surface area contributed by atoms with E-state index in [0.29, 0.717) is 17.7 Å². The Morgan fingerprint density at radius 3 is 2.31 bits per heavy atom. The van der Waals surface area contributed by atoms with E-state index in [-0.39, 0.29) is 31.2 Å². The second-order valence-corrected chi connectivity index (χ2v) is 10.3. The quantitative estimate of drug-likeness (QED) is 0.285. The molecule has 0 radical (unpaired) electrons. The predicted molar refractivity (Wildman–Crippen MR) is 152 cm³/mol. The van der Waals surface area contributed by atoms with Crippen LogP contribution in [0.15, 0.2) is 90.1 Å². The van der Waals surface area contributed by atoms with Gasteiger partial charge in [0.25, 0.3) is 11.8 Å². The smallest absolute Gasteiger partial charge is 0.426 e.